The maximum Gasteiger partial charge on any atom is 0.270 e. The molecule has 116 valence electrons. The molecular weight excluding hydrogens is 342 g/mol. The first-order valence-corrected chi connectivity index (χ1v) is 8.30. The molecule has 1 fully saturated rings. The summed E-state index contributed by atoms with van der Waals surface area (Å²) >= 11 is 3.44. The molecule has 22 heavy (non-hydrogen) atoms. The van der Waals surface area contributed by atoms with E-state index < -0.39 is 0 Å². The highest BCUT2D eigenvalue weighted by Gasteiger charge is 2.27. The van der Waals surface area contributed by atoms with Gasteiger partial charge in [-0.05, 0) is 48.7 Å². The van der Waals surface area contributed by atoms with Crippen LogP contribution in [-0.2, 0) is 7.05 Å². The molecular formula is C17H20BrN3O. The fourth-order valence-electron chi connectivity index (χ4n) is 3.01. The van der Waals surface area contributed by atoms with E-state index in [0.717, 1.165) is 40.9 Å². The lowest BCUT2D eigenvalue weighted by Gasteiger charge is -2.17. The number of likely N-dealkylation sites (tertiary alicyclic amines) is 1. The molecule has 0 spiro atoms. The monoisotopic (exact) mass is 361 g/mol. The molecule has 1 aliphatic heterocycles. The van der Waals surface area contributed by atoms with Crippen LogP contribution in [0.1, 0.15) is 16.9 Å². The molecule has 0 radical (unpaired) electrons. The Bertz CT molecular complexity index is 678. The van der Waals surface area contributed by atoms with Gasteiger partial charge >= 0.3 is 0 Å². The molecule has 0 unspecified atom stereocenters. The molecule has 3 rings (SSSR count). The van der Waals surface area contributed by atoms with E-state index in [9.17, 15) is 4.79 Å². The summed E-state index contributed by atoms with van der Waals surface area (Å²) in [7, 11) is 1.95. The Balaban J connectivity index is 1.84. The smallest absolute Gasteiger partial charge is 0.270 e. The number of aromatic nitrogens is 1. The third kappa shape index (κ3) is 2.83. The molecule has 1 saturated heterocycles. The van der Waals surface area contributed by atoms with Crippen LogP contribution in [-0.4, -0.2) is 35.0 Å². The fourth-order valence-corrected chi connectivity index (χ4v) is 3.27. The van der Waals surface area contributed by atoms with Crippen LogP contribution in [0, 0.1) is 5.92 Å². The maximum absolute atomic E-state index is 12.7. The van der Waals surface area contributed by atoms with E-state index in [-0.39, 0.29) is 5.91 Å². The van der Waals surface area contributed by atoms with Crippen LogP contribution in [0.15, 0.2) is 40.9 Å². The Morgan fingerprint density at radius 2 is 2.00 bits per heavy atom. The van der Waals surface area contributed by atoms with Gasteiger partial charge < -0.3 is 15.2 Å². The number of carbonyl (C=O) groups excluding carboxylic acids is 1. The zero-order valence-electron chi connectivity index (χ0n) is 12.6. The number of hydrogen-bond donors (Lipinski definition) is 1. The Labute approximate surface area is 139 Å². The third-order valence-corrected chi connectivity index (χ3v) is 4.92. The van der Waals surface area contributed by atoms with Gasteiger partial charge in [-0.15, -0.1) is 0 Å². The Morgan fingerprint density at radius 1 is 1.27 bits per heavy atom. The van der Waals surface area contributed by atoms with Crippen molar-refractivity contribution < 1.29 is 4.79 Å². The number of benzene rings is 1. The summed E-state index contributed by atoms with van der Waals surface area (Å²) < 4.78 is 3.02. The summed E-state index contributed by atoms with van der Waals surface area (Å²) in [6, 6.07) is 12.0. The van der Waals surface area contributed by atoms with Crippen LogP contribution < -0.4 is 5.73 Å². The average molecular weight is 362 g/mol. The van der Waals surface area contributed by atoms with Crippen LogP contribution in [0.2, 0.25) is 0 Å². The summed E-state index contributed by atoms with van der Waals surface area (Å²) in [4.78, 5) is 14.6. The van der Waals surface area contributed by atoms with Gasteiger partial charge in [0.2, 0.25) is 0 Å². The van der Waals surface area contributed by atoms with Crippen LogP contribution in [0.25, 0.3) is 11.3 Å². The minimum absolute atomic E-state index is 0.0989. The van der Waals surface area contributed by atoms with E-state index in [2.05, 4.69) is 15.9 Å². The number of rotatable bonds is 3. The minimum Gasteiger partial charge on any atom is -0.340 e. The van der Waals surface area contributed by atoms with E-state index in [4.69, 9.17) is 5.73 Å². The van der Waals surface area contributed by atoms with Gasteiger partial charge in [0.1, 0.15) is 5.69 Å². The van der Waals surface area contributed by atoms with E-state index in [1.807, 2.05) is 52.9 Å². The lowest BCUT2D eigenvalue weighted by atomic mass is 10.1. The topological polar surface area (TPSA) is 51.3 Å². The van der Waals surface area contributed by atoms with Crippen molar-refractivity contribution in [1.82, 2.24) is 9.47 Å². The summed E-state index contributed by atoms with van der Waals surface area (Å²) in [5, 5.41) is 0. The number of nitrogens with zero attached hydrogens (tertiary/aromatic N) is 2. The van der Waals surface area contributed by atoms with Crippen LogP contribution >= 0.6 is 15.9 Å². The van der Waals surface area contributed by atoms with Crippen molar-refractivity contribution in [2.24, 2.45) is 18.7 Å². The second-order valence-electron chi connectivity index (χ2n) is 5.81. The highest BCUT2D eigenvalue weighted by Crippen LogP contribution is 2.25. The summed E-state index contributed by atoms with van der Waals surface area (Å²) in [6.07, 6.45) is 1.01. The summed E-state index contributed by atoms with van der Waals surface area (Å²) in [5.41, 5.74) is 8.59. The predicted octanol–water partition coefficient (Wildman–Crippen LogP) is 2.88. The molecule has 2 aromatic rings. The standard InChI is InChI=1S/C17H20BrN3O/c1-20-15(13-2-4-14(18)5-3-13)6-7-16(20)17(22)21-9-8-12(10-19)11-21/h2-7,12H,8-11,19H2,1H3/t12-/m0/s1. The highest BCUT2D eigenvalue weighted by molar-refractivity contribution is 9.10. The van der Waals surface area contributed by atoms with Crippen molar-refractivity contribution in [2.75, 3.05) is 19.6 Å². The summed E-state index contributed by atoms with van der Waals surface area (Å²) in [6.45, 7) is 2.23. The van der Waals surface area contributed by atoms with Crippen molar-refractivity contribution >= 4 is 21.8 Å². The first-order chi connectivity index (χ1) is 10.6. The first-order valence-electron chi connectivity index (χ1n) is 7.51. The van der Waals surface area contributed by atoms with E-state index in [1.165, 1.54) is 0 Å². The quantitative estimate of drug-likeness (QED) is 0.913. The number of hydrogen-bond acceptors (Lipinski definition) is 2. The Hall–Kier alpha value is -1.59. The number of halogens is 1. The molecule has 0 bridgehead atoms. The van der Waals surface area contributed by atoms with Gasteiger partial charge in [0.05, 0.1) is 0 Å². The fraction of sp³-hybridized carbons (Fsp3) is 0.353. The molecule has 1 amide bonds. The van der Waals surface area contributed by atoms with E-state index in [0.29, 0.717) is 12.5 Å². The normalized spacial score (nSPS) is 18.0. The molecule has 1 aromatic carbocycles. The van der Waals surface area contributed by atoms with Gasteiger partial charge in [-0.3, -0.25) is 4.79 Å². The van der Waals surface area contributed by atoms with Gasteiger partial charge in [-0.1, -0.05) is 28.1 Å². The molecule has 2 N–H and O–H groups in total. The molecule has 2 heterocycles. The molecule has 1 aromatic heterocycles. The molecule has 5 heteroatoms. The van der Waals surface area contributed by atoms with Gasteiger partial charge in [0.15, 0.2) is 0 Å². The van der Waals surface area contributed by atoms with Gasteiger partial charge in [-0.2, -0.15) is 0 Å². The molecule has 0 aliphatic carbocycles. The zero-order chi connectivity index (χ0) is 15.7. The SMILES string of the molecule is Cn1c(C(=O)N2CC[C@@H](CN)C2)ccc1-c1ccc(Br)cc1. The Kier molecular flexibility index (Phi) is 4.36. The van der Waals surface area contributed by atoms with Crippen LogP contribution in [0.3, 0.4) is 0 Å². The molecule has 0 saturated carbocycles. The second kappa shape index (κ2) is 6.26. The molecule has 1 atom stereocenters. The van der Waals surface area contributed by atoms with Gasteiger partial charge in [-0.25, -0.2) is 0 Å². The lowest BCUT2D eigenvalue weighted by Crippen LogP contribution is -2.31. The zero-order valence-corrected chi connectivity index (χ0v) is 14.2. The maximum atomic E-state index is 12.7. The van der Waals surface area contributed by atoms with Crippen molar-refractivity contribution in [3.8, 4) is 11.3 Å². The van der Waals surface area contributed by atoms with Crippen molar-refractivity contribution in [3.63, 3.8) is 0 Å². The highest BCUT2D eigenvalue weighted by atomic mass is 79.9. The molecule has 1 aliphatic rings. The minimum atomic E-state index is 0.0989. The number of carbonyl (C=O) groups is 1. The van der Waals surface area contributed by atoms with Crippen molar-refractivity contribution in [1.29, 1.82) is 0 Å². The van der Waals surface area contributed by atoms with Crippen LogP contribution in [0.4, 0.5) is 0 Å². The number of amides is 1. The van der Waals surface area contributed by atoms with Gasteiger partial charge in [0, 0.05) is 30.3 Å². The van der Waals surface area contributed by atoms with Gasteiger partial charge in [0.25, 0.3) is 5.91 Å². The largest absolute Gasteiger partial charge is 0.340 e. The van der Waals surface area contributed by atoms with Crippen LogP contribution in [0.5, 0.6) is 0 Å². The van der Waals surface area contributed by atoms with Crippen molar-refractivity contribution in [3.05, 3.63) is 46.6 Å². The van der Waals surface area contributed by atoms with E-state index >= 15 is 0 Å². The second-order valence-corrected chi connectivity index (χ2v) is 6.73. The number of nitrogens with two attached hydrogens (primary N) is 1. The molecule has 4 nitrogen and oxygen atoms in total. The third-order valence-electron chi connectivity index (χ3n) is 4.39. The summed E-state index contributed by atoms with van der Waals surface area (Å²) in [5.74, 6) is 0.539. The van der Waals surface area contributed by atoms with E-state index in [1.54, 1.807) is 0 Å². The lowest BCUT2D eigenvalue weighted by molar-refractivity contribution is 0.0778. The average Bonchev–Trinajstić information content (AvgIpc) is 3.14. The Morgan fingerprint density at radius 3 is 2.64 bits per heavy atom. The first kappa shape index (κ1) is 15.3. The predicted molar refractivity (Wildman–Crippen MR) is 91.6 cm³/mol. The van der Waals surface area contributed by atoms with Crippen molar-refractivity contribution in [2.45, 2.75) is 6.42 Å².